The minimum absolute atomic E-state index is 0.0148. The van der Waals surface area contributed by atoms with Gasteiger partial charge in [-0.25, -0.2) is 8.78 Å². The van der Waals surface area contributed by atoms with Crippen molar-refractivity contribution in [3.63, 3.8) is 0 Å². The Balaban J connectivity index is 1.54. The number of hydrogen-bond donors (Lipinski definition) is 0. The van der Waals surface area contributed by atoms with Gasteiger partial charge in [0.15, 0.2) is 0 Å². The van der Waals surface area contributed by atoms with Crippen molar-refractivity contribution in [3.8, 4) is 6.07 Å². The van der Waals surface area contributed by atoms with Crippen LogP contribution in [0.2, 0.25) is 0 Å². The Morgan fingerprint density at radius 1 is 1.21 bits per heavy atom. The fourth-order valence-electron chi connectivity index (χ4n) is 3.56. The van der Waals surface area contributed by atoms with E-state index in [0.29, 0.717) is 12.8 Å². The molecule has 1 aromatic carbocycles. The van der Waals surface area contributed by atoms with E-state index < -0.39 is 30.8 Å². The molecule has 0 radical (unpaired) electrons. The van der Waals surface area contributed by atoms with Crippen LogP contribution in [0.25, 0.3) is 0 Å². The van der Waals surface area contributed by atoms with Gasteiger partial charge in [-0.05, 0) is 24.0 Å². The molecule has 4 nitrogen and oxygen atoms in total. The molecule has 6 heteroatoms. The number of nitriles is 1. The van der Waals surface area contributed by atoms with Crippen molar-refractivity contribution in [2.45, 2.75) is 44.1 Å². The lowest BCUT2D eigenvalue weighted by Crippen LogP contribution is -2.36. The quantitative estimate of drug-likeness (QED) is 0.851. The minimum Gasteiger partial charge on any atom is -0.320 e. The van der Waals surface area contributed by atoms with Crippen molar-refractivity contribution in [2.24, 2.45) is 5.92 Å². The van der Waals surface area contributed by atoms with Gasteiger partial charge in [-0.15, -0.1) is 0 Å². The normalized spacial score (nSPS) is 22.2. The van der Waals surface area contributed by atoms with Crippen LogP contribution in [0, 0.1) is 17.2 Å². The van der Waals surface area contributed by atoms with Gasteiger partial charge in [0.1, 0.15) is 11.8 Å². The molecule has 1 aromatic rings. The third kappa shape index (κ3) is 3.30. The first-order chi connectivity index (χ1) is 11.4. The van der Waals surface area contributed by atoms with Gasteiger partial charge >= 0.3 is 0 Å². The Bertz CT molecular complexity index is 686. The van der Waals surface area contributed by atoms with Crippen LogP contribution in [0.4, 0.5) is 8.78 Å². The Labute approximate surface area is 139 Å². The summed E-state index contributed by atoms with van der Waals surface area (Å²) in [7, 11) is 0. The van der Waals surface area contributed by atoms with Crippen molar-refractivity contribution in [1.29, 1.82) is 5.26 Å². The number of likely N-dealkylation sites (tertiary alicyclic amines) is 1. The van der Waals surface area contributed by atoms with Crippen LogP contribution in [0.3, 0.4) is 0 Å². The summed E-state index contributed by atoms with van der Waals surface area (Å²) in [6, 6.07) is 8.51. The van der Waals surface area contributed by atoms with Crippen LogP contribution in [-0.4, -0.2) is 35.1 Å². The predicted molar refractivity (Wildman–Crippen MR) is 82.3 cm³/mol. The molecule has 0 spiro atoms. The average Bonchev–Trinajstić information content (AvgIpc) is 3.12. The maximum absolute atomic E-state index is 13.4. The number of hydrogen-bond acceptors (Lipinski definition) is 3. The fourth-order valence-corrected chi connectivity index (χ4v) is 3.56. The molecule has 1 aliphatic heterocycles. The Morgan fingerprint density at radius 3 is 2.42 bits per heavy atom. The third-order valence-electron chi connectivity index (χ3n) is 4.83. The highest BCUT2D eigenvalue weighted by Gasteiger charge is 2.47. The second-order valence-corrected chi connectivity index (χ2v) is 6.57. The first-order valence-electron chi connectivity index (χ1n) is 8.06. The van der Waals surface area contributed by atoms with Gasteiger partial charge in [0.2, 0.25) is 5.91 Å². The van der Waals surface area contributed by atoms with Crippen LogP contribution in [0.15, 0.2) is 24.3 Å². The first-order valence-corrected chi connectivity index (χ1v) is 8.06. The second kappa shape index (κ2) is 6.31. The fraction of sp³-hybridized carbons (Fsp3) is 0.500. The molecule has 0 aromatic heterocycles. The van der Waals surface area contributed by atoms with Gasteiger partial charge in [0, 0.05) is 25.2 Å². The van der Waals surface area contributed by atoms with E-state index in [4.69, 9.17) is 5.26 Å². The number of nitrogens with zero attached hydrogens (tertiary/aromatic N) is 2. The second-order valence-electron chi connectivity index (χ2n) is 6.57. The zero-order chi connectivity index (χ0) is 17.3. The number of Topliss-reactive ketones (excluding diaryl/α,β-unsaturated/α-hetero) is 1. The first kappa shape index (κ1) is 16.6. The molecule has 1 heterocycles. The van der Waals surface area contributed by atoms with Crippen LogP contribution < -0.4 is 0 Å². The van der Waals surface area contributed by atoms with E-state index in [9.17, 15) is 18.4 Å². The molecule has 3 rings (SSSR count). The lowest BCUT2D eigenvalue weighted by Gasteiger charge is -2.19. The summed E-state index contributed by atoms with van der Waals surface area (Å²) in [6.07, 6.45) is 0.649. The topological polar surface area (TPSA) is 61.2 Å². The zero-order valence-corrected chi connectivity index (χ0v) is 13.2. The molecular formula is C18H18F2N2O2. The number of alkyl halides is 2. The minimum atomic E-state index is -3.02. The Morgan fingerprint density at radius 2 is 1.83 bits per heavy atom. The van der Waals surface area contributed by atoms with E-state index in [1.165, 1.54) is 0 Å². The molecule has 24 heavy (non-hydrogen) atoms. The largest absolute Gasteiger partial charge is 0.320 e. The van der Waals surface area contributed by atoms with Gasteiger partial charge in [-0.2, -0.15) is 5.26 Å². The summed E-state index contributed by atoms with van der Waals surface area (Å²) >= 11 is 0. The molecule has 0 unspecified atom stereocenters. The lowest BCUT2D eigenvalue weighted by atomic mass is 9.97. The van der Waals surface area contributed by atoms with Crippen LogP contribution in [0.1, 0.15) is 30.4 Å². The van der Waals surface area contributed by atoms with Crippen molar-refractivity contribution in [1.82, 2.24) is 4.90 Å². The predicted octanol–water partition coefficient (Wildman–Crippen LogP) is 2.51. The number of ketones is 1. The number of benzene rings is 1. The molecule has 126 valence electrons. The molecule has 1 saturated heterocycles. The summed E-state index contributed by atoms with van der Waals surface area (Å²) in [5, 5.41) is 8.92. The number of fused-ring (bicyclic) bond motifs is 1. The summed E-state index contributed by atoms with van der Waals surface area (Å²) in [5.74, 6) is -3.71. The summed E-state index contributed by atoms with van der Waals surface area (Å²) < 4.78 is 26.8. The van der Waals surface area contributed by atoms with E-state index in [0.717, 1.165) is 16.0 Å². The van der Waals surface area contributed by atoms with Crippen LogP contribution in [0.5, 0.6) is 0 Å². The maximum atomic E-state index is 13.4. The standard InChI is InChI=1S/C18H18F2N2O2/c19-18(20)9-15(10-21)22(11-18)17(24)6-5-16(23)14-7-12-3-1-2-4-13(12)8-14/h1-4,14-15H,5-9,11H2/t15-/m0/s1. The van der Waals surface area contributed by atoms with E-state index >= 15 is 0 Å². The van der Waals surface area contributed by atoms with Gasteiger partial charge in [0.25, 0.3) is 5.92 Å². The van der Waals surface area contributed by atoms with E-state index in [1.807, 2.05) is 24.3 Å². The van der Waals surface area contributed by atoms with Crippen molar-refractivity contribution in [3.05, 3.63) is 35.4 Å². The summed E-state index contributed by atoms with van der Waals surface area (Å²) in [5.41, 5.74) is 2.32. The molecular weight excluding hydrogens is 314 g/mol. The van der Waals surface area contributed by atoms with Gasteiger partial charge < -0.3 is 4.90 Å². The molecule has 1 amide bonds. The molecule has 2 aliphatic rings. The Kier molecular flexibility index (Phi) is 4.35. The molecule has 0 bridgehead atoms. The third-order valence-corrected chi connectivity index (χ3v) is 4.83. The highest BCUT2D eigenvalue weighted by Crippen LogP contribution is 2.32. The van der Waals surface area contributed by atoms with E-state index in [1.54, 1.807) is 6.07 Å². The van der Waals surface area contributed by atoms with Crippen molar-refractivity contribution in [2.75, 3.05) is 6.54 Å². The van der Waals surface area contributed by atoms with Gasteiger partial charge in [-0.3, -0.25) is 9.59 Å². The van der Waals surface area contributed by atoms with E-state index in [2.05, 4.69) is 0 Å². The zero-order valence-electron chi connectivity index (χ0n) is 13.2. The summed E-state index contributed by atoms with van der Waals surface area (Å²) in [4.78, 5) is 25.4. The molecule has 0 saturated carbocycles. The highest BCUT2D eigenvalue weighted by molar-refractivity contribution is 5.87. The summed E-state index contributed by atoms with van der Waals surface area (Å²) in [6.45, 7) is -0.729. The van der Waals surface area contributed by atoms with Gasteiger partial charge in [-0.1, -0.05) is 24.3 Å². The molecule has 0 N–H and O–H groups in total. The van der Waals surface area contributed by atoms with Crippen molar-refractivity contribution < 1.29 is 18.4 Å². The van der Waals surface area contributed by atoms with E-state index in [-0.39, 0.29) is 24.5 Å². The molecule has 1 aliphatic carbocycles. The average molecular weight is 332 g/mol. The van der Waals surface area contributed by atoms with Crippen LogP contribution >= 0.6 is 0 Å². The monoisotopic (exact) mass is 332 g/mol. The van der Waals surface area contributed by atoms with Gasteiger partial charge in [0.05, 0.1) is 12.6 Å². The maximum Gasteiger partial charge on any atom is 0.268 e. The number of carbonyl (C=O) groups is 2. The molecule has 1 atom stereocenters. The molecule has 1 fully saturated rings. The Hall–Kier alpha value is -2.29. The number of carbonyl (C=O) groups excluding carboxylic acids is 2. The highest BCUT2D eigenvalue weighted by atomic mass is 19.3. The van der Waals surface area contributed by atoms with Crippen molar-refractivity contribution >= 4 is 11.7 Å². The number of amides is 1. The SMILES string of the molecule is N#C[C@@H]1CC(F)(F)CN1C(=O)CCC(=O)C1Cc2ccccc2C1. The lowest BCUT2D eigenvalue weighted by molar-refractivity contribution is -0.135. The smallest absolute Gasteiger partial charge is 0.268 e. The van der Waals surface area contributed by atoms with Crippen LogP contribution in [-0.2, 0) is 22.4 Å². The number of rotatable bonds is 4. The number of halogens is 2.